The van der Waals surface area contributed by atoms with Gasteiger partial charge in [0.25, 0.3) is 0 Å². The van der Waals surface area contributed by atoms with Crippen LogP contribution >= 0.6 is 0 Å². The van der Waals surface area contributed by atoms with Crippen molar-refractivity contribution in [2.75, 3.05) is 13.2 Å². The lowest BCUT2D eigenvalue weighted by molar-refractivity contribution is 0.221. The van der Waals surface area contributed by atoms with Crippen molar-refractivity contribution in [2.45, 2.75) is 34.1 Å². The van der Waals surface area contributed by atoms with Crippen LogP contribution in [-0.4, -0.2) is 23.4 Å². The van der Waals surface area contributed by atoms with Gasteiger partial charge in [-0.3, -0.25) is 0 Å². The zero-order chi connectivity index (χ0) is 8.12. The van der Waals surface area contributed by atoms with Crippen LogP contribution in [0.1, 0.15) is 34.1 Å². The molecule has 9 heavy (non-hydrogen) atoms. The molecule has 0 heterocycles. The molecule has 0 saturated carbocycles. The molecule has 0 aliphatic heterocycles. The van der Waals surface area contributed by atoms with Crippen molar-refractivity contribution >= 4 is 0 Å². The predicted molar refractivity (Wildman–Crippen MR) is 41.5 cm³/mol. The summed E-state index contributed by atoms with van der Waals surface area (Å²) in [6.07, 6.45) is 0.500. The molecule has 0 aliphatic carbocycles. The molecule has 2 nitrogen and oxygen atoms in total. The molecule has 0 amide bonds. The van der Waals surface area contributed by atoms with Gasteiger partial charge in [-0.1, -0.05) is 27.7 Å². The highest BCUT2D eigenvalue weighted by Gasteiger charge is 1.70. The lowest BCUT2D eigenvalue weighted by atomic mass is 10.5. The van der Waals surface area contributed by atoms with Gasteiger partial charge >= 0.3 is 0 Å². The van der Waals surface area contributed by atoms with Gasteiger partial charge in [-0.25, -0.2) is 0 Å². The minimum absolute atomic E-state index is 0.0938. The van der Waals surface area contributed by atoms with E-state index in [1.54, 1.807) is 0 Å². The standard InChI is InChI=1S/C3H8O2.2C2H6/c4-2-1-3-5;2*1-2/h4-5H,1-3H2;2*1-2H3. The highest BCUT2D eigenvalue weighted by molar-refractivity contribution is 4.22. The third-order valence-electron chi connectivity index (χ3n) is 0.316. The summed E-state index contributed by atoms with van der Waals surface area (Å²) in [6.45, 7) is 8.19. The van der Waals surface area contributed by atoms with E-state index in [0.717, 1.165) is 0 Å². The molecule has 0 saturated heterocycles. The average Bonchev–Trinajstić information content (AvgIpc) is 1.98. The van der Waals surface area contributed by atoms with Crippen LogP contribution in [0.3, 0.4) is 0 Å². The Bertz CT molecular complexity index is 14.4. The molecule has 0 fully saturated rings. The van der Waals surface area contributed by atoms with E-state index < -0.39 is 0 Å². The van der Waals surface area contributed by atoms with Gasteiger partial charge in [0.15, 0.2) is 0 Å². The molecular weight excluding hydrogens is 116 g/mol. The number of hydrogen-bond acceptors (Lipinski definition) is 2. The summed E-state index contributed by atoms with van der Waals surface area (Å²) < 4.78 is 0. The van der Waals surface area contributed by atoms with Crippen molar-refractivity contribution < 1.29 is 10.2 Å². The number of aliphatic hydroxyl groups excluding tert-OH is 2. The maximum absolute atomic E-state index is 7.91. The van der Waals surface area contributed by atoms with E-state index in [0.29, 0.717) is 6.42 Å². The monoisotopic (exact) mass is 136 g/mol. The van der Waals surface area contributed by atoms with E-state index in [1.807, 2.05) is 27.7 Å². The van der Waals surface area contributed by atoms with Gasteiger partial charge in [0.2, 0.25) is 0 Å². The summed E-state index contributed by atoms with van der Waals surface area (Å²) in [6, 6.07) is 0. The summed E-state index contributed by atoms with van der Waals surface area (Å²) in [4.78, 5) is 0. The Morgan fingerprint density at radius 2 is 1.00 bits per heavy atom. The van der Waals surface area contributed by atoms with Crippen molar-refractivity contribution in [3.63, 3.8) is 0 Å². The Morgan fingerprint density at radius 3 is 1.00 bits per heavy atom. The van der Waals surface area contributed by atoms with Crippen LogP contribution in [0.25, 0.3) is 0 Å². The minimum atomic E-state index is 0.0938. The quantitative estimate of drug-likeness (QED) is 0.602. The number of rotatable bonds is 2. The second kappa shape index (κ2) is 44.5. The normalized spacial score (nSPS) is 6.00. The van der Waals surface area contributed by atoms with Gasteiger partial charge in [0.05, 0.1) is 0 Å². The largest absolute Gasteiger partial charge is 0.396 e. The first-order chi connectivity index (χ1) is 4.41. The van der Waals surface area contributed by atoms with Crippen molar-refractivity contribution in [2.24, 2.45) is 0 Å². The lowest BCUT2D eigenvalue weighted by Crippen LogP contribution is -1.85. The maximum atomic E-state index is 7.91. The van der Waals surface area contributed by atoms with Crippen LogP contribution in [0.5, 0.6) is 0 Å². The molecule has 0 radical (unpaired) electrons. The molecule has 60 valence electrons. The summed E-state index contributed by atoms with van der Waals surface area (Å²) in [5, 5.41) is 15.8. The maximum Gasteiger partial charge on any atom is 0.0452 e. The fraction of sp³-hybridized carbons (Fsp3) is 1.00. The van der Waals surface area contributed by atoms with Gasteiger partial charge < -0.3 is 10.2 Å². The van der Waals surface area contributed by atoms with Gasteiger partial charge in [-0.2, -0.15) is 0 Å². The second-order valence-corrected chi connectivity index (χ2v) is 0.801. The third kappa shape index (κ3) is 75.3. The molecule has 0 aromatic heterocycles. The SMILES string of the molecule is CC.CC.OCCCO. The molecule has 2 N–H and O–H groups in total. The van der Waals surface area contributed by atoms with E-state index >= 15 is 0 Å². The Morgan fingerprint density at radius 1 is 0.778 bits per heavy atom. The fourth-order valence-corrected chi connectivity index (χ4v) is 0.0707. The van der Waals surface area contributed by atoms with Gasteiger partial charge in [0, 0.05) is 13.2 Å². The Balaban J connectivity index is -0.0000000771. The molecule has 0 aromatic rings. The zero-order valence-corrected chi connectivity index (χ0v) is 7.02. The van der Waals surface area contributed by atoms with E-state index in [-0.39, 0.29) is 13.2 Å². The Hall–Kier alpha value is -0.0800. The lowest BCUT2D eigenvalue weighted by Gasteiger charge is -1.79. The summed E-state index contributed by atoms with van der Waals surface area (Å²) in [5.74, 6) is 0. The molecule has 0 atom stereocenters. The van der Waals surface area contributed by atoms with E-state index in [4.69, 9.17) is 10.2 Å². The van der Waals surface area contributed by atoms with E-state index in [1.165, 1.54) is 0 Å². The first-order valence-corrected chi connectivity index (χ1v) is 3.63. The fourth-order valence-electron chi connectivity index (χ4n) is 0.0707. The molecule has 0 aliphatic rings. The average molecular weight is 136 g/mol. The topological polar surface area (TPSA) is 40.5 Å². The molecule has 0 unspecified atom stereocenters. The van der Waals surface area contributed by atoms with E-state index in [2.05, 4.69) is 0 Å². The summed E-state index contributed by atoms with van der Waals surface area (Å²) in [5.41, 5.74) is 0. The van der Waals surface area contributed by atoms with Crippen LogP contribution < -0.4 is 0 Å². The van der Waals surface area contributed by atoms with Gasteiger partial charge in [-0.05, 0) is 6.42 Å². The smallest absolute Gasteiger partial charge is 0.0452 e. The van der Waals surface area contributed by atoms with Crippen LogP contribution in [0.15, 0.2) is 0 Å². The molecule has 0 rings (SSSR count). The molecule has 0 bridgehead atoms. The van der Waals surface area contributed by atoms with Crippen molar-refractivity contribution in [1.29, 1.82) is 0 Å². The van der Waals surface area contributed by atoms with Crippen molar-refractivity contribution in [3.05, 3.63) is 0 Å². The van der Waals surface area contributed by atoms with Crippen molar-refractivity contribution in [3.8, 4) is 0 Å². The number of hydrogen-bond donors (Lipinski definition) is 2. The predicted octanol–water partition coefficient (Wildman–Crippen LogP) is 1.41. The third-order valence-corrected chi connectivity index (χ3v) is 0.316. The minimum Gasteiger partial charge on any atom is -0.396 e. The van der Waals surface area contributed by atoms with Crippen LogP contribution in [0, 0.1) is 0 Å². The molecular formula is C7H20O2. The molecule has 0 spiro atoms. The van der Waals surface area contributed by atoms with Crippen LogP contribution in [0.4, 0.5) is 0 Å². The van der Waals surface area contributed by atoms with Gasteiger partial charge in [0.1, 0.15) is 0 Å². The second-order valence-electron chi connectivity index (χ2n) is 0.801. The first-order valence-electron chi connectivity index (χ1n) is 3.63. The summed E-state index contributed by atoms with van der Waals surface area (Å²) in [7, 11) is 0. The molecule has 0 aromatic carbocycles. The van der Waals surface area contributed by atoms with Crippen molar-refractivity contribution in [1.82, 2.24) is 0 Å². The highest BCUT2D eigenvalue weighted by Crippen LogP contribution is 1.65. The van der Waals surface area contributed by atoms with Crippen LogP contribution in [0.2, 0.25) is 0 Å². The highest BCUT2D eigenvalue weighted by atomic mass is 16.3. The Labute approximate surface area is 58.5 Å². The summed E-state index contributed by atoms with van der Waals surface area (Å²) >= 11 is 0. The number of aliphatic hydroxyl groups is 2. The Kier molecular flexibility index (Phi) is 78.9. The van der Waals surface area contributed by atoms with Gasteiger partial charge in [-0.15, -0.1) is 0 Å². The van der Waals surface area contributed by atoms with Crippen LogP contribution in [-0.2, 0) is 0 Å². The first kappa shape index (κ1) is 16.0. The van der Waals surface area contributed by atoms with E-state index in [9.17, 15) is 0 Å². The molecule has 2 heteroatoms. The zero-order valence-electron chi connectivity index (χ0n) is 7.02.